The van der Waals surface area contributed by atoms with Crippen molar-refractivity contribution in [3.8, 4) is 0 Å². The lowest BCUT2D eigenvalue weighted by Crippen LogP contribution is -2.19. The van der Waals surface area contributed by atoms with Crippen LogP contribution in [0.15, 0.2) is 0 Å². The minimum absolute atomic E-state index is 0.197. The highest BCUT2D eigenvalue weighted by Crippen LogP contribution is 2.04. The van der Waals surface area contributed by atoms with Gasteiger partial charge in [0.1, 0.15) is 0 Å². The van der Waals surface area contributed by atoms with Crippen molar-refractivity contribution in [3.63, 3.8) is 0 Å². The third-order valence-electron chi connectivity index (χ3n) is 1.46. The molecule has 0 aromatic heterocycles. The first-order valence-corrected chi connectivity index (χ1v) is 3.56. The van der Waals surface area contributed by atoms with Crippen molar-refractivity contribution in [2.24, 2.45) is 5.73 Å². The molecule has 0 aliphatic heterocycles. The molecule has 0 aliphatic rings. The first kappa shape index (κ1) is 8.89. The van der Waals surface area contributed by atoms with E-state index in [1.165, 1.54) is 0 Å². The van der Waals surface area contributed by atoms with Gasteiger partial charge in [0, 0.05) is 6.04 Å². The van der Waals surface area contributed by atoms with Crippen LogP contribution in [0.5, 0.6) is 0 Å². The summed E-state index contributed by atoms with van der Waals surface area (Å²) in [7, 11) is 0. The van der Waals surface area contributed by atoms with Crippen LogP contribution in [0.25, 0.3) is 0 Å². The monoisotopic (exact) mass is 133 g/mol. The molecule has 0 bridgehead atoms. The molecule has 2 heteroatoms. The van der Waals surface area contributed by atoms with E-state index >= 15 is 0 Å². The van der Waals surface area contributed by atoms with Crippen LogP contribution < -0.4 is 5.73 Å². The summed E-state index contributed by atoms with van der Waals surface area (Å²) in [5.74, 6) is 0. The molecule has 0 aromatic rings. The Labute approximate surface area is 56.4 Å². The van der Waals surface area contributed by atoms with Gasteiger partial charge in [0.2, 0.25) is 0 Å². The molecule has 9 heavy (non-hydrogen) atoms. The second-order valence-electron chi connectivity index (χ2n) is 2.53. The van der Waals surface area contributed by atoms with Crippen molar-refractivity contribution in [2.45, 2.75) is 45.3 Å². The normalized spacial score (nSPS) is 17.3. The first-order chi connectivity index (χ1) is 4.16. The molecule has 2 N–H and O–H groups in total. The number of hydrogen-bond acceptors (Lipinski definition) is 1. The van der Waals surface area contributed by atoms with Gasteiger partial charge in [-0.2, -0.15) is 0 Å². The van der Waals surface area contributed by atoms with Gasteiger partial charge in [0.15, 0.2) is 0 Å². The van der Waals surface area contributed by atoms with Gasteiger partial charge in [-0.1, -0.05) is 6.92 Å². The Balaban J connectivity index is 3.06. The molecule has 0 saturated heterocycles. The van der Waals surface area contributed by atoms with Gasteiger partial charge in [0.05, 0.1) is 6.17 Å². The summed E-state index contributed by atoms with van der Waals surface area (Å²) in [6, 6.07) is 0.197. The standard InChI is InChI=1S/C7H16FN/c1-3-7(9)5-4-6(2)8/h6-7H,3-5,9H2,1-2H3. The molecule has 56 valence electrons. The Morgan fingerprint density at radius 1 is 1.44 bits per heavy atom. The molecule has 2 unspecified atom stereocenters. The fourth-order valence-electron chi connectivity index (χ4n) is 0.648. The van der Waals surface area contributed by atoms with E-state index in [9.17, 15) is 4.39 Å². The summed E-state index contributed by atoms with van der Waals surface area (Å²) >= 11 is 0. The average Bonchev–Trinajstić information content (AvgIpc) is 1.83. The van der Waals surface area contributed by atoms with Gasteiger partial charge < -0.3 is 5.73 Å². The van der Waals surface area contributed by atoms with E-state index < -0.39 is 6.17 Å². The Kier molecular flexibility index (Phi) is 4.68. The zero-order valence-electron chi connectivity index (χ0n) is 6.23. The third kappa shape index (κ3) is 5.77. The van der Waals surface area contributed by atoms with Crippen LogP contribution in [0.1, 0.15) is 33.1 Å². The minimum atomic E-state index is -0.692. The van der Waals surface area contributed by atoms with E-state index in [1.807, 2.05) is 6.92 Å². The molecule has 0 aliphatic carbocycles. The maximum atomic E-state index is 12.1. The Morgan fingerprint density at radius 2 is 2.00 bits per heavy atom. The van der Waals surface area contributed by atoms with Gasteiger partial charge in [-0.05, 0) is 26.2 Å². The summed E-state index contributed by atoms with van der Waals surface area (Å²) in [6.07, 6.45) is 1.68. The molecule has 2 atom stereocenters. The second-order valence-corrected chi connectivity index (χ2v) is 2.53. The van der Waals surface area contributed by atoms with Crippen LogP contribution in [0.2, 0.25) is 0 Å². The van der Waals surface area contributed by atoms with Crippen molar-refractivity contribution in [1.82, 2.24) is 0 Å². The highest BCUT2D eigenvalue weighted by Gasteiger charge is 2.02. The summed E-state index contributed by atoms with van der Waals surface area (Å²) in [4.78, 5) is 0. The minimum Gasteiger partial charge on any atom is -0.328 e. The number of halogens is 1. The Hall–Kier alpha value is -0.110. The number of alkyl halides is 1. The second kappa shape index (κ2) is 4.74. The van der Waals surface area contributed by atoms with Gasteiger partial charge in [-0.15, -0.1) is 0 Å². The van der Waals surface area contributed by atoms with Crippen LogP contribution >= 0.6 is 0 Å². The molecule has 0 fully saturated rings. The molecular weight excluding hydrogens is 117 g/mol. The molecule has 0 heterocycles. The van der Waals surface area contributed by atoms with E-state index in [0.717, 1.165) is 12.8 Å². The fraction of sp³-hybridized carbons (Fsp3) is 1.00. The van der Waals surface area contributed by atoms with Crippen LogP contribution in [-0.2, 0) is 0 Å². The van der Waals surface area contributed by atoms with Gasteiger partial charge in [0.25, 0.3) is 0 Å². The summed E-state index contributed by atoms with van der Waals surface area (Å²) in [5, 5.41) is 0. The Morgan fingerprint density at radius 3 is 2.33 bits per heavy atom. The maximum absolute atomic E-state index is 12.1. The SMILES string of the molecule is CCC(N)CCC(C)F. The third-order valence-corrected chi connectivity index (χ3v) is 1.46. The van der Waals surface area contributed by atoms with Crippen molar-refractivity contribution >= 4 is 0 Å². The van der Waals surface area contributed by atoms with Gasteiger partial charge >= 0.3 is 0 Å². The summed E-state index contributed by atoms with van der Waals surface area (Å²) in [6.45, 7) is 3.59. The molecule has 0 saturated carbocycles. The molecule has 0 radical (unpaired) electrons. The molecule has 0 spiro atoms. The zero-order valence-corrected chi connectivity index (χ0v) is 6.23. The number of rotatable bonds is 4. The highest BCUT2D eigenvalue weighted by atomic mass is 19.1. The van der Waals surface area contributed by atoms with Crippen molar-refractivity contribution in [3.05, 3.63) is 0 Å². The molecule has 1 nitrogen and oxygen atoms in total. The highest BCUT2D eigenvalue weighted by molar-refractivity contribution is 4.60. The van der Waals surface area contributed by atoms with Crippen LogP contribution in [0, 0.1) is 0 Å². The smallest absolute Gasteiger partial charge is 0.0974 e. The van der Waals surface area contributed by atoms with Gasteiger partial charge in [-0.3, -0.25) is 0 Å². The van der Waals surface area contributed by atoms with Crippen molar-refractivity contribution < 1.29 is 4.39 Å². The fourth-order valence-corrected chi connectivity index (χ4v) is 0.648. The number of nitrogens with two attached hydrogens (primary N) is 1. The lowest BCUT2D eigenvalue weighted by molar-refractivity contribution is 0.323. The van der Waals surface area contributed by atoms with Crippen LogP contribution in [0.4, 0.5) is 4.39 Å². The zero-order chi connectivity index (χ0) is 7.28. The summed E-state index contributed by atoms with van der Waals surface area (Å²) < 4.78 is 12.1. The molecular formula is C7H16FN. The van der Waals surface area contributed by atoms with E-state index in [-0.39, 0.29) is 6.04 Å². The lowest BCUT2D eigenvalue weighted by Gasteiger charge is -2.07. The topological polar surface area (TPSA) is 26.0 Å². The van der Waals surface area contributed by atoms with Gasteiger partial charge in [-0.25, -0.2) is 4.39 Å². The maximum Gasteiger partial charge on any atom is 0.0974 e. The first-order valence-electron chi connectivity index (χ1n) is 3.56. The van der Waals surface area contributed by atoms with Crippen LogP contribution in [-0.4, -0.2) is 12.2 Å². The van der Waals surface area contributed by atoms with Crippen LogP contribution in [0.3, 0.4) is 0 Å². The van der Waals surface area contributed by atoms with E-state index in [1.54, 1.807) is 6.92 Å². The molecule has 0 rings (SSSR count). The van der Waals surface area contributed by atoms with Crippen molar-refractivity contribution in [1.29, 1.82) is 0 Å². The number of hydrogen-bond donors (Lipinski definition) is 1. The average molecular weight is 133 g/mol. The van der Waals surface area contributed by atoms with Crippen molar-refractivity contribution in [2.75, 3.05) is 0 Å². The summed E-state index contributed by atoms with van der Waals surface area (Å²) in [5.41, 5.74) is 5.55. The predicted molar refractivity (Wildman–Crippen MR) is 38.1 cm³/mol. The Bertz CT molecular complexity index is 63.9. The van der Waals surface area contributed by atoms with E-state index in [2.05, 4.69) is 0 Å². The quantitative estimate of drug-likeness (QED) is 0.622. The molecule has 0 amide bonds. The van der Waals surface area contributed by atoms with E-state index in [0.29, 0.717) is 6.42 Å². The largest absolute Gasteiger partial charge is 0.328 e. The lowest BCUT2D eigenvalue weighted by atomic mass is 10.1. The van der Waals surface area contributed by atoms with E-state index in [4.69, 9.17) is 5.73 Å². The molecule has 0 aromatic carbocycles. The predicted octanol–water partition coefficient (Wildman–Crippen LogP) is 1.86.